The minimum Gasteiger partial charge on any atom is -0.379 e. The average Bonchev–Trinajstić information content (AvgIpc) is 2.68. The first-order chi connectivity index (χ1) is 13.5. The first-order valence-electron chi connectivity index (χ1n) is 9.40. The van der Waals surface area contributed by atoms with Crippen molar-refractivity contribution < 1.29 is 4.74 Å². The zero-order valence-electron chi connectivity index (χ0n) is 16.0. The molecule has 3 rings (SSSR count). The van der Waals surface area contributed by atoms with Crippen LogP contribution in [0.4, 0.5) is 0 Å². The topological polar surface area (TPSA) is 62.9 Å². The Morgan fingerprint density at radius 1 is 1.14 bits per heavy atom. The number of halogens is 2. The van der Waals surface area contributed by atoms with Crippen molar-refractivity contribution in [1.82, 2.24) is 10.2 Å². The largest absolute Gasteiger partial charge is 0.379 e. The Labute approximate surface area is 176 Å². The van der Waals surface area contributed by atoms with E-state index in [1.165, 1.54) is 5.56 Å². The van der Waals surface area contributed by atoms with Crippen LogP contribution in [0.15, 0.2) is 47.5 Å². The lowest BCUT2D eigenvalue weighted by Crippen LogP contribution is -2.35. The molecule has 1 aliphatic rings. The Hall–Kier alpha value is -1.79. The summed E-state index contributed by atoms with van der Waals surface area (Å²) in [4.78, 5) is 6.84. The first-order valence-corrected chi connectivity index (χ1v) is 10.2. The Morgan fingerprint density at radius 3 is 2.50 bits per heavy atom. The van der Waals surface area contributed by atoms with Crippen molar-refractivity contribution in [3.63, 3.8) is 0 Å². The monoisotopic (exact) mass is 420 g/mol. The Kier molecular flexibility index (Phi) is 7.57. The van der Waals surface area contributed by atoms with E-state index in [1.807, 2.05) is 19.1 Å². The third-order valence-electron chi connectivity index (χ3n) is 4.76. The molecule has 0 aromatic heterocycles. The number of ether oxygens (including phenoxy) is 1. The van der Waals surface area contributed by atoms with E-state index in [1.54, 1.807) is 6.07 Å². The van der Waals surface area contributed by atoms with Gasteiger partial charge in [-0.05, 0) is 35.7 Å². The maximum Gasteiger partial charge on any atom is 0.189 e. The second kappa shape index (κ2) is 10.1. The van der Waals surface area contributed by atoms with E-state index in [9.17, 15) is 0 Å². The molecule has 150 valence electrons. The highest BCUT2D eigenvalue weighted by atomic mass is 35.5. The number of nitrogens with two attached hydrogens (primary N) is 1. The quantitative estimate of drug-likeness (QED) is 0.547. The predicted octanol–water partition coefficient (Wildman–Crippen LogP) is 3.99. The number of hydrogen-bond donors (Lipinski definition) is 2. The van der Waals surface area contributed by atoms with Crippen LogP contribution >= 0.6 is 23.2 Å². The molecule has 3 N–H and O–H groups in total. The van der Waals surface area contributed by atoms with E-state index in [2.05, 4.69) is 39.5 Å². The van der Waals surface area contributed by atoms with Crippen molar-refractivity contribution in [2.45, 2.75) is 26.1 Å². The highest BCUT2D eigenvalue weighted by Crippen LogP contribution is 2.25. The smallest absolute Gasteiger partial charge is 0.189 e. The van der Waals surface area contributed by atoms with Crippen LogP contribution in [0.3, 0.4) is 0 Å². The van der Waals surface area contributed by atoms with Crippen LogP contribution < -0.4 is 11.1 Å². The third kappa shape index (κ3) is 6.11. The molecule has 7 heteroatoms. The van der Waals surface area contributed by atoms with Gasteiger partial charge < -0.3 is 15.8 Å². The van der Waals surface area contributed by atoms with Crippen LogP contribution in [0.25, 0.3) is 0 Å². The van der Waals surface area contributed by atoms with Crippen molar-refractivity contribution in [2.24, 2.45) is 10.7 Å². The minimum atomic E-state index is -0.0654. The molecular weight excluding hydrogens is 395 g/mol. The van der Waals surface area contributed by atoms with Crippen LogP contribution in [-0.4, -0.2) is 37.2 Å². The Morgan fingerprint density at radius 2 is 1.82 bits per heavy atom. The van der Waals surface area contributed by atoms with Crippen LogP contribution in [0.2, 0.25) is 10.0 Å². The SMILES string of the molecule is CC(NC(N)=NCc1ccc(CN2CCOCC2)cc1)c1ccc(Cl)cc1Cl. The molecule has 0 amide bonds. The number of aliphatic imine (C=N–C) groups is 1. The summed E-state index contributed by atoms with van der Waals surface area (Å²) in [5, 5.41) is 4.39. The molecule has 2 aromatic carbocycles. The summed E-state index contributed by atoms with van der Waals surface area (Å²) in [6.45, 7) is 7.08. The zero-order chi connectivity index (χ0) is 19.9. The number of nitrogens with one attached hydrogen (secondary N) is 1. The predicted molar refractivity (Wildman–Crippen MR) is 116 cm³/mol. The summed E-state index contributed by atoms with van der Waals surface area (Å²) in [5.41, 5.74) is 9.39. The zero-order valence-corrected chi connectivity index (χ0v) is 17.5. The van der Waals surface area contributed by atoms with Gasteiger partial charge in [0.05, 0.1) is 25.8 Å². The van der Waals surface area contributed by atoms with Crippen molar-refractivity contribution in [1.29, 1.82) is 0 Å². The number of nitrogens with zero attached hydrogens (tertiary/aromatic N) is 2. The fourth-order valence-electron chi connectivity index (χ4n) is 3.14. The van der Waals surface area contributed by atoms with E-state index in [-0.39, 0.29) is 6.04 Å². The van der Waals surface area contributed by atoms with Gasteiger partial charge in [-0.3, -0.25) is 4.90 Å². The summed E-state index contributed by atoms with van der Waals surface area (Å²) in [5.74, 6) is 0.385. The number of benzene rings is 2. The summed E-state index contributed by atoms with van der Waals surface area (Å²) >= 11 is 12.2. The highest BCUT2D eigenvalue weighted by molar-refractivity contribution is 6.35. The van der Waals surface area contributed by atoms with E-state index in [0.29, 0.717) is 22.5 Å². The molecule has 1 unspecified atom stereocenters. The molecule has 1 atom stereocenters. The molecule has 1 heterocycles. The fourth-order valence-corrected chi connectivity index (χ4v) is 3.71. The lowest BCUT2D eigenvalue weighted by Gasteiger charge is -2.26. The molecule has 0 saturated carbocycles. The average molecular weight is 421 g/mol. The van der Waals surface area contributed by atoms with Gasteiger partial charge in [0.15, 0.2) is 5.96 Å². The Bertz CT molecular complexity index is 805. The summed E-state index contributed by atoms with van der Waals surface area (Å²) in [6, 6.07) is 13.9. The fraction of sp³-hybridized carbons (Fsp3) is 0.381. The molecule has 2 aromatic rings. The summed E-state index contributed by atoms with van der Waals surface area (Å²) in [6.07, 6.45) is 0. The molecule has 0 radical (unpaired) electrons. The maximum absolute atomic E-state index is 6.25. The van der Waals surface area contributed by atoms with Gasteiger partial charge in [-0.25, -0.2) is 4.99 Å². The third-order valence-corrected chi connectivity index (χ3v) is 5.32. The molecule has 1 saturated heterocycles. The van der Waals surface area contributed by atoms with Crippen molar-refractivity contribution in [3.05, 3.63) is 69.2 Å². The summed E-state index contributed by atoms with van der Waals surface area (Å²) in [7, 11) is 0. The van der Waals surface area contributed by atoms with Gasteiger partial charge in [-0.15, -0.1) is 0 Å². The van der Waals surface area contributed by atoms with E-state index in [4.69, 9.17) is 33.7 Å². The minimum absolute atomic E-state index is 0.0654. The molecule has 1 aliphatic heterocycles. The second-order valence-electron chi connectivity index (χ2n) is 6.94. The van der Waals surface area contributed by atoms with Crippen LogP contribution in [0, 0.1) is 0 Å². The molecule has 0 bridgehead atoms. The van der Waals surface area contributed by atoms with Crippen molar-refractivity contribution >= 4 is 29.2 Å². The lowest BCUT2D eigenvalue weighted by atomic mass is 10.1. The first kappa shape index (κ1) is 20.9. The molecule has 1 fully saturated rings. The standard InChI is InChI=1S/C21H26Cl2N4O/c1-15(19-7-6-18(22)12-20(19)23)26-21(24)25-13-16-2-4-17(5-3-16)14-27-8-10-28-11-9-27/h2-7,12,15H,8-11,13-14H2,1H3,(H3,24,25,26). The maximum atomic E-state index is 6.25. The van der Waals surface area contributed by atoms with Gasteiger partial charge in [0.25, 0.3) is 0 Å². The van der Waals surface area contributed by atoms with Crippen molar-refractivity contribution in [2.75, 3.05) is 26.3 Å². The highest BCUT2D eigenvalue weighted by Gasteiger charge is 2.11. The van der Waals surface area contributed by atoms with Gasteiger partial charge in [0.2, 0.25) is 0 Å². The molecule has 5 nitrogen and oxygen atoms in total. The van der Waals surface area contributed by atoms with Crippen LogP contribution in [0.1, 0.15) is 29.7 Å². The molecule has 28 heavy (non-hydrogen) atoms. The van der Waals surface area contributed by atoms with E-state index in [0.717, 1.165) is 44.0 Å². The number of rotatable bonds is 6. The number of hydrogen-bond acceptors (Lipinski definition) is 3. The van der Waals surface area contributed by atoms with Crippen LogP contribution in [-0.2, 0) is 17.8 Å². The van der Waals surface area contributed by atoms with Gasteiger partial charge >= 0.3 is 0 Å². The molecular formula is C21H26Cl2N4O. The summed E-state index contributed by atoms with van der Waals surface area (Å²) < 4.78 is 5.39. The van der Waals surface area contributed by atoms with E-state index >= 15 is 0 Å². The number of morpholine rings is 1. The molecule has 0 aliphatic carbocycles. The Balaban J connectivity index is 1.52. The van der Waals surface area contributed by atoms with Gasteiger partial charge in [-0.1, -0.05) is 53.5 Å². The number of guanidine groups is 1. The van der Waals surface area contributed by atoms with Crippen LogP contribution in [0.5, 0.6) is 0 Å². The van der Waals surface area contributed by atoms with Crippen molar-refractivity contribution in [3.8, 4) is 0 Å². The van der Waals surface area contributed by atoms with Gasteiger partial charge in [0.1, 0.15) is 0 Å². The van der Waals surface area contributed by atoms with Gasteiger partial charge in [-0.2, -0.15) is 0 Å². The van der Waals surface area contributed by atoms with E-state index < -0.39 is 0 Å². The second-order valence-corrected chi connectivity index (χ2v) is 7.78. The lowest BCUT2D eigenvalue weighted by molar-refractivity contribution is 0.0342. The van der Waals surface area contributed by atoms with Gasteiger partial charge in [0, 0.05) is 29.7 Å². The normalized spacial score (nSPS) is 16.8. The molecule has 0 spiro atoms.